The molecule has 0 bridgehead atoms. The molecule has 0 aliphatic rings. The van der Waals surface area contributed by atoms with E-state index in [2.05, 4.69) is 43.7 Å². The molecule has 0 N–H and O–H groups in total. The molecule has 0 fully saturated rings. The van der Waals surface area contributed by atoms with Crippen LogP contribution in [-0.2, 0) is 21.5 Å². The number of benzene rings is 1. The highest BCUT2D eigenvalue weighted by molar-refractivity contribution is 5.71. The summed E-state index contributed by atoms with van der Waals surface area (Å²) in [7, 11) is 1.35. The average Bonchev–Trinajstić information content (AvgIpc) is 2.38. The molecular formula is C16H22N2O2. The summed E-state index contributed by atoms with van der Waals surface area (Å²) in [5.41, 5.74) is 2.47. The zero-order valence-corrected chi connectivity index (χ0v) is 12.6. The van der Waals surface area contributed by atoms with Crippen molar-refractivity contribution in [3.63, 3.8) is 0 Å². The van der Waals surface area contributed by atoms with Crippen molar-refractivity contribution in [3.8, 4) is 6.07 Å². The largest absolute Gasteiger partial charge is 0.468 e. The van der Waals surface area contributed by atoms with Gasteiger partial charge in [-0.15, -0.1) is 0 Å². The second kappa shape index (κ2) is 7.06. The first kappa shape index (κ1) is 16.2. The Labute approximate surface area is 121 Å². The zero-order valence-electron chi connectivity index (χ0n) is 12.6. The van der Waals surface area contributed by atoms with Gasteiger partial charge >= 0.3 is 5.97 Å². The monoisotopic (exact) mass is 274 g/mol. The SMILES string of the molecule is COC(=O)CN(CC#N)Cc1ccc(C(C)(C)C)cc1. The fourth-order valence-electron chi connectivity index (χ4n) is 1.88. The van der Waals surface area contributed by atoms with Crippen LogP contribution >= 0.6 is 0 Å². The zero-order chi connectivity index (χ0) is 15.2. The maximum Gasteiger partial charge on any atom is 0.319 e. The van der Waals surface area contributed by atoms with Gasteiger partial charge in [-0.25, -0.2) is 0 Å². The predicted octanol–water partition coefficient (Wildman–Crippen LogP) is 2.48. The molecule has 0 amide bonds. The van der Waals surface area contributed by atoms with Crippen molar-refractivity contribution in [1.82, 2.24) is 4.90 Å². The van der Waals surface area contributed by atoms with Gasteiger partial charge < -0.3 is 4.74 Å². The normalized spacial score (nSPS) is 11.2. The molecule has 4 heteroatoms. The van der Waals surface area contributed by atoms with Gasteiger partial charge in [-0.2, -0.15) is 5.26 Å². The van der Waals surface area contributed by atoms with E-state index in [-0.39, 0.29) is 24.5 Å². The lowest BCUT2D eigenvalue weighted by Crippen LogP contribution is -2.30. The van der Waals surface area contributed by atoms with E-state index in [9.17, 15) is 4.79 Å². The number of ether oxygens (including phenoxy) is 1. The van der Waals surface area contributed by atoms with Crippen LogP contribution in [0.25, 0.3) is 0 Å². The van der Waals surface area contributed by atoms with Crippen LogP contribution in [0.15, 0.2) is 24.3 Å². The molecule has 0 aliphatic carbocycles. The first-order chi connectivity index (χ1) is 9.36. The molecule has 0 aliphatic heterocycles. The fraction of sp³-hybridized carbons (Fsp3) is 0.500. The topological polar surface area (TPSA) is 53.3 Å². The van der Waals surface area contributed by atoms with E-state index in [1.807, 2.05) is 12.1 Å². The van der Waals surface area contributed by atoms with E-state index in [1.54, 1.807) is 4.90 Å². The summed E-state index contributed by atoms with van der Waals surface area (Å²) < 4.78 is 4.64. The van der Waals surface area contributed by atoms with E-state index in [0.717, 1.165) is 5.56 Å². The summed E-state index contributed by atoms with van der Waals surface area (Å²) in [6.45, 7) is 7.40. The van der Waals surface area contributed by atoms with Crippen molar-refractivity contribution >= 4 is 5.97 Å². The van der Waals surface area contributed by atoms with Gasteiger partial charge in [-0.1, -0.05) is 45.0 Å². The van der Waals surface area contributed by atoms with Gasteiger partial charge in [0.15, 0.2) is 0 Å². The highest BCUT2D eigenvalue weighted by atomic mass is 16.5. The Morgan fingerprint density at radius 3 is 2.35 bits per heavy atom. The van der Waals surface area contributed by atoms with Gasteiger partial charge in [0.05, 0.1) is 26.3 Å². The molecule has 0 atom stereocenters. The van der Waals surface area contributed by atoms with Crippen molar-refractivity contribution in [3.05, 3.63) is 35.4 Å². The van der Waals surface area contributed by atoms with Gasteiger partial charge in [0.1, 0.15) is 0 Å². The molecular weight excluding hydrogens is 252 g/mol. The summed E-state index contributed by atoms with van der Waals surface area (Å²) in [4.78, 5) is 13.1. The number of nitrogens with zero attached hydrogens (tertiary/aromatic N) is 2. The van der Waals surface area contributed by atoms with Gasteiger partial charge in [0.25, 0.3) is 0 Å². The minimum Gasteiger partial charge on any atom is -0.468 e. The lowest BCUT2D eigenvalue weighted by atomic mass is 9.87. The number of hydrogen-bond donors (Lipinski definition) is 0. The summed E-state index contributed by atoms with van der Waals surface area (Å²) >= 11 is 0. The van der Waals surface area contributed by atoms with Crippen molar-refractivity contribution in [1.29, 1.82) is 5.26 Å². The Kier molecular flexibility index (Phi) is 5.72. The summed E-state index contributed by atoms with van der Waals surface area (Å²) in [6, 6.07) is 10.3. The van der Waals surface area contributed by atoms with Gasteiger partial charge in [0.2, 0.25) is 0 Å². The number of methoxy groups -OCH3 is 1. The predicted molar refractivity (Wildman–Crippen MR) is 78.0 cm³/mol. The van der Waals surface area contributed by atoms with Crippen LogP contribution in [0.3, 0.4) is 0 Å². The van der Waals surface area contributed by atoms with Crippen molar-refractivity contribution in [2.75, 3.05) is 20.2 Å². The standard InChI is InChI=1S/C16H22N2O2/c1-16(2,3)14-7-5-13(6-8-14)11-18(10-9-17)12-15(19)20-4/h5-8H,10-12H2,1-4H3. The summed E-state index contributed by atoms with van der Waals surface area (Å²) in [5.74, 6) is -0.327. The third kappa shape index (κ3) is 5.02. The van der Waals surface area contributed by atoms with Crippen LogP contribution in [0.4, 0.5) is 0 Å². The quantitative estimate of drug-likeness (QED) is 0.611. The Morgan fingerprint density at radius 1 is 1.30 bits per heavy atom. The minimum atomic E-state index is -0.327. The molecule has 108 valence electrons. The molecule has 4 nitrogen and oxygen atoms in total. The first-order valence-corrected chi connectivity index (χ1v) is 6.62. The molecule has 1 rings (SSSR count). The van der Waals surface area contributed by atoms with Crippen molar-refractivity contribution < 1.29 is 9.53 Å². The lowest BCUT2D eigenvalue weighted by Gasteiger charge is -2.21. The number of esters is 1. The molecule has 0 heterocycles. The number of carbonyl (C=O) groups is 1. The van der Waals surface area contributed by atoms with E-state index < -0.39 is 0 Å². The van der Waals surface area contributed by atoms with Crippen LogP contribution in [0.2, 0.25) is 0 Å². The maximum absolute atomic E-state index is 11.3. The van der Waals surface area contributed by atoms with E-state index in [1.165, 1.54) is 12.7 Å². The first-order valence-electron chi connectivity index (χ1n) is 6.62. The molecule has 0 unspecified atom stereocenters. The van der Waals surface area contributed by atoms with Gasteiger partial charge in [0, 0.05) is 6.54 Å². The smallest absolute Gasteiger partial charge is 0.319 e. The molecule has 0 aromatic heterocycles. The highest BCUT2D eigenvalue weighted by Gasteiger charge is 2.14. The number of nitriles is 1. The Balaban J connectivity index is 2.74. The molecule has 0 saturated carbocycles. The van der Waals surface area contributed by atoms with Crippen LogP contribution in [0.5, 0.6) is 0 Å². The van der Waals surface area contributed by atoms with Crippen LogP contribution < -0.4 is 0 Å². The second-order valence-electron chi connectivity index (χ2n) is 5.83. The Morgan fingerprint density at radius 2 is 1.90 bits per heavy atom. The Bertz CT molecular complexity index is 481. The molecule has 1 aromatic rings. The molecule has 1 aromatic carbocycles. The van der Waals surface area contributed by atoms with Gasteiger partial charge in [-0.05, 0) is 16.5 Å². The van der Waals surface area contributed by atoms with E-state index >= 15 is 0 Å². The molecule has 0 saturated heterocycles. The lowest BCUT2D eigenvalue weighted by molar-refractivity contribution is -0.141. The number of carbonyl (C=O) groups excluding carboxylic acids is 1. The fourth-order valence-corrected chi connectivity index (χ4v) is 1.88. The van der Waals surface area contributed by atoms with Gasteiger partial charge in [-0.3, -0.25) is 9.69 Å². The van der Waals surface area contributed by atoms with Crippen molar-refractivity contribution in [2.24, 2.45) is 0 Å². The second-order valence-corrected chi connectivity index (χ2v) is 5.83. The molecule has 0 radical (unpaired) electrons. The minimum absolute atomic E-state index is 0.122. The average molecular weight is 274 g/mol. The third-order valence-electron chi connectivity index (χ3n) is 3.10. The maximum atomic E-state index is 11.3. The Hall–Kier alpha value is -1.86. The number of rotatable bonds is 5. The van der Waals surface area contributed by atoms with Crippen molar-refractivity contribution in [2.45, 2.75) is 32.7 Å². The van der Waals surface area contributed by atoms with Crippen LogP contribution in [-0.4, -0.2) is 31.1 Å². The summed E-state index contributed by atoms with van der Waals surface area (Å²) in [6.07, 6.45) is 0. The molecule has 20 heavy (non-hydrogen) atoms. The van der Waals surface area contributed by atoms with Crippen LogP contribution in [0.1, 0.15) is 31.9 Å². The van der Waals surface area contributed by atoms with E-state index in [0.29, 0.717) is 6.54 Å². The van der Waals surface area contributed by atoms with Crippen LogP contribution in [0, 0.1) is 11.3 Å². The molecule has 0 spiro atoms. The third-order valence-corrected chi connectivity index (χ3v) is 3.10. The number of hydrogen-bond acceptors (Lipinski definition) is 4. The van der Waals surface area contributed by atoms with E-state index in [4.69, 9.17) is 5.26 Å². The highest BCUT2D eigenvalue weighted by Crippen LogP contribution is 2.22. The summed E-state index contributed by atoms with van der Waals surface area (Å²) in [5, 5.41) is 8.81.